The Bertz CT molecular complexity index is 1710. The molecule has 0 bridgehead atoms. The number of carbonyl (C=O) groups excluding carboxylic acids is 5. The maximum Gasteiger partial charge on any atom is 1.00 e. The monoisotopic (exact) mass is 728 g/mol. The van der Waals surface area contributed by atoms with Gasteiger partial charge in [-0.25, -0.2) is 9.59 Å². The number of rotatable bonds is 10. The predicted molar refractivity (Wildman–Crippen MR) is 163 cm³/mol. The molecule has 0 spiro atoms. The van der Waals surface area contributed by atoms with Crippen LogP contribution < -0.4 is 45.3 Å². The third-order valence-corrected chi connectivity index (χ3v) is 10.7. The second kappa shape index (κ2) is 15.1. The molecular weight excluding hydrogens is 704 g/mol. The SMILES string of the molecule is CCN1CCN(C(=O)NC(C(=O)N[C@@]2(N=C[O-])C(=O)N3C(C(=O)O)=C(CSc4nncs4)CS[C@@H]32)c2ccc(O)c(O)c2)C(=O)C1=O.[Na+]. The van der Waals surface area contributed by atoms with Gasteiger partial charge in [-0.15, -0.1) is 22.0 Å². The zero-order valence-corrected chi connectivity index (χ0v) is 29.6. The minimum absolute atomic E-state index is 0. The summed E-state index contributed by atoms with van der Waals surface area (Å²) in [6.45, 7) is 1.73. The van der Waals surface area contributed by atoms with E-state index < -0.39 is 64.2 Å². The molecule has 0 saturated carbocycles. The molecule has 1 aromatic carbocycles. The van der Waals surface area contributed by atoms with Crippen molar-refractivity contribution < 1.29 is 78.8 Å². The van der Waals surface area contributed by atoms with Crippen molar-refractivity contribution in [3.63, 3.8) is 0 Å². The number of nitrogens with one attached hydrogen (secondary N) is 2. The van der Waals surface area contributed by atoms with Gasteiger partial charge in [0.25, 0.3) is 5.91 Å². The maximum absolute atomic E-state index is 13.9. The largest absolute Gasteiger partial charge is 1.00 e. The topological polar surface area (TPSA) is 258 Å². The molecule has 6 amide bonds. The van der Waals surface area contributed by atoms with Gasteiger partial charge in [-0.05, 0) is 30.2 Å². The molecule has 1 aromatic heterocycles. The molecule has 4 heterocycles. The predicted octanol–water partition coefficient (Wildman–Crippen LogP) is -4.36. The van der Waals surface area contributed by atoms with Crippen molar-refractivity contribution in [3.8, 4) is 11.5 Å². The molecule has 0 radical (unpaired) electrons. The molecule has 2 saturated heterocycles. The van der Waals surface area contributed by atoms with E-state index >= 15 is 0 Å². The summed E-state index contributed by atoms with van der Waals surface area (Å²) in [5.74, 6) is -6.67. The van der Waals surface area contributed by atoms with Crippen molar-refractivity contribution in [3.05, 3.63) is 40.5 Å². The van der Waals surface area contributed by atoms with Crippen molar-refractivity contribution in [2.24, 2.45) is 4.99 Å². The molecule has 1 unspecified atom stereocenters. The van der Waals surface area contributed by atoms with Crippen LogP contribution in [0.2, 0.25) is 0 Å². The number of hydrogen-bond donors (Lipinski definition) is 5. The van der Waals surface area contributed by atoms with Crippen LogP contribution in [-0.2, 0) is 24.0 Å². The number of aliphatic imine (C=N–C) groups is 1. The minimum Gasteiger partial charge on any atom is -0.864 e. The fraction of sp³-hybridized carbons (Fsp3) is 0.346. The fourth-order valence-corrected chi connectivity index (χ4v) is 8.13. The molecule has 18 nitrogen and oxygen atoms in total. The van der Waals surface area contributed by atoms with Crippen LogP contribution in [0.1, 0.15) is 18.5 Å². The molecule has 248 valence electrons. The third kappa shape index (κ3) is 6.83. The van der Waals surface area contributed by atoms with E-state index in [1.54, 1.807) is 6.92 Å². The number of aromatic nitrogens is 2. The van der Waals surface area contributed by atoms with Crippen LogP contribution in [0.5, 0.6) is 11.5 Å². The molecule has 3 aliphatic rings. The quantitative estimate of drug-likeness (QED) is 0.0295. The molecule has 48 heavy (non-hydrogen) atoms. The number of benzene rings is 1. The maximum atomic E-state index is 13.9. The number of phenols is 2. The van der Waals surface area contributed by atoms with Crippen LogP contribution in [0.4, 0.5) is 4.79 Å². The molecule has 0 aliphatic carbocycles. The van der Waals surface area contributed by atoms with Gasteiger partial charge in [0.1, 0.15) is 22.6 Å². The molecule has 2 aromatic rings. The second-order valence-electron chi connectivity index (χ2n) is 10.1. The Morgan fingerprint density at radius 2 is 1.96 bits per heavy atom. The van der Waals surface area contributed by atoms with Crippen LogP contribution in [0, 0.1) is 0 Å². The van der Waals surface area contributed by atoms with E-state index in [4.69, 9.17) is 0 Å². The average Bonchev–Trinajstić information content (AvgIpc) is 3.58. The first kappa shape index (κ1) is 36.9. The number of fused-ring (bicyclic) bond motifs is 1. The number of piperazine rings is 1. The number of aliphatic carboxylic acids is 1. The normalized spacial score (nSPS) is 21.4. The first-order valence-corrected chi connectivity index (χ1v) is 16.5. The number of β-lactam (4-membered cyclic amide) rings is 1. The Labute approximate surface area is 305 Å². The number of carboxylic acid groups (broad SMARTS) is 1. The summed E-state index contributed by atoms with van der Waals surface area (Å²) >= 11 is 3.51. The smallest absolute Gasteiger partial charge is 0.864 e. The van der Waals surface area contributed by atoms with E-state index in [0.717, 1.165) is 28.8 Å². The minimum atomic E-state index is -2.29. The Kier molecular flexibility index (Phi) is 11.6. The number of phenolic OH excluding ortho intramolecular Hbond substituents is 2. The molecule has 3 aliphatic heterocycles. The number of imide groups is 1. The van der Waals surface area contributed by atoms with E-state index in [-0.39, 0.29) is 78.4 Å². The standard InChI is InChI=1S/C26H26N8O10S3.Na/c1-2-32-5-6-33(20(40)19(32)39)24(44)29-16(12-3-4-14(36)15(37)7-12)18(38)30-26(27-10-35)22(43)34-17(21(41)42)13(8-45-23(26)34)9-46-25-31-28-11-47-25;/h3-4,7,10-11,16,23,36-37H,2,5-6,8-9H2,1H3,(H,27,35)(H,29,44)(H,30,38)(H,41,42);/q;+1/p-1/t16?,23-,26+;/m1./s1. The average molecular weight is 729 g/mol. The number of hydrogen-bond acceptors (Lipinski definition) is 15. The van der Waals surface area contributed by atoms with E-state index in [0.29, 0.717) is 14.8 Å². The van der Waals surface area contributed by atoms with Gasteiger partial charge in [0.05, 0.1) is 0 Å². The summed E-state index contributed by atoms with van der Waals surface area (Å²) in [7, 11) is 0. The summed E-state index contributed by atoms with van der Waals surface area (Å²) in [4.78, 5) is 84.6. The molecule has 22 heteroatoms. The van der Waals surface area contributed by atoms with Crippen LogP contribution in [-0.4, -0.2) is 124 Å². The van der Waals surface area contributed by atoms with Crippen LogP contribution in [0.25, 0.3) is 0 Å². The van der Waals surface area contributed by atoms with E-state index in [1.165, 1.54) is 39.6 Å². The van der Waals surface area contributed by atoms with Gasteiger partial charge in [0.15, 0.2) is 15.8 Å². The van der Waals surface area contributed by atoms with Crippen molar-refractivity contribution in [2.75, 3.05) is 31.1 Å². The van der Waals surface area contributed by atoms with Gasteiger partial charge in [-0.1, -0.05) is 35.6 Å². The van der Waals surface area contributed by atoms with Gasteiger partial charge in [0, 0.05) is 31.1 Å². The van der Waals surface area contributed by atoms with Crippen LogP contribution in [0.15, 0.2) is 44.3 Å². The van der Waals surface area contributed by atoms with Crippen molar-refractivity contribution >= 4 is 76.9 Å². The Balaban J connectivity index is 0.00000520. The molecule has 3 atom stereocenters. The number of thioether (sulfide) groups is 2. The van der Waals surface area contributed by atoms with Gasteiger partial charge in [-0.3, -0.25) is 34.0 Å². The zero-order chi connectivity index (χ0) is 34.0. The molecule has 2 fully saturated rings. The van der Waals surface area contributed by atoms with Gasteiger partial charge >= 0.3 is 53.4 Å². The van der Waals surface area contributed by atoms with Gasteiger partial charge < -0.3 is 36.0 Å². The Morgan fingerprint density at radius 3 is 2.58 bits per heavy atom. The van der Waals surface area contributed by atoms with Gasteiger partial charge in [-0.2, -0.15) is 0 Å². The Hall–Kier alpha value is -3.89. The summed E-state index contributed by atoms with van der Waals surface area (Å²) in [6, 6.07) is 0.209. The first-order chi connectivity index (χ1) is 22.4. The Morgan fingerprint density at radius 1 is 1.21 bits per heavy atom. The number of carboxylic acids is 1. The van der Waals surface area contributed by atoms with Crippen LogP contribution >= 0.6 is 34.9 Å². The fourth-order valence-electron chi connectivity index (χ4n) is 5.09. The molecule has 5 N–H and O–H groups in total. The van der Waals surface area contributed by atoms with E-state index in [2.05, 4.69) is 25.8 Å². The van der Waals surface area contributed by atoms with E-state index in [1.807, 2.05) is 0 Å². The second-order valence-corrected chi connectivity index (χ2v) is 13.2. The number of amides is 6. The number of aromatic hydroxyl groups is 2. The summed E-state index contributed by atoms with van der Waals surface area (Å²) in [5.41, 5.74) is -0.867. The third-order valence-electron chi connectivity index (χ3n) is 7.41. The zero-order valence-electron chi connectivity index (χ0n) is 25.2. The van der Waals surface area contributed by atoms with Crippen molar-refractivity contribution in [1.82, 2.24) is 35.5 Å². The van der Waals surface area contributed by atoms with Crippen molar-refractivity contribution in [1.29, 1.82) is 0 Å². The number of nitrogens with zero attached hydrogens (tertiary/aromatic N) is 6. The number of carbonyl (C=O) groups is 6. The summed E-state index contributed by atoms with van der Waals surface area (Å²) in [6.07, 6.45) is 0.0263. The number of urea groups is 1. The molecular formula is C26H25N8NaO10S3. The van der Waals surface area contributed by atoms with E-state index in [9.17, 15) is 49.2 Å². The first-order valence-electron chi connectivity index (χ1n) is 13.6. The van der Waals surface area contributed by atoms with Gasteiger partial charge in [0.2, 0.25) is 11.6 Å². The van der Waals surface area contributed by atoms with Crippen molar-refractivity contribution in [2.45, 2.75) is 28.3 Å². The van der Waals surface area contributed by atoms with Crippen LogP contribution in [0.3, 0.4) is 0 Å². The number of likely N-dealkylation sites (N-methyl/N-ethyl adjacent to an activating group) is 1. The summed E-state index contributed by atoms with van der Waals surface area (Å²) < 4.78 is 0.577. The molecule has 5 rings (SSSR count). The summed E-state index contributed by atoms with van der Waals surface area (Å²) in [5, 5.41) is 52.8.